The second-order valence-electron chi connectivity index (χ2n) is 8.07. The average molecular weight is 423 g/mol. The molecule has 0 unspecified atom stereocenters. The summed E-state index contributed by atoms with van der Waals surface area (Å²) >= 11 is 0. The zero-order valence-corrected chi connectivity index (χ0v) is 18.4. The smallest absolute Gasteiger partial charge is 0.449 e. The van der Waals surface area contributed by atoms with Crippen molar-refractivity contribution >= 4 is 6.16 Å². The predicted octanol–water partition coefficient (Wildman–Crippen LogP) is 5.38. The van der Waals surface area contributed by atoms with Crippen molar-refractivity contribution in [2.75, 3.05) is 0 Å². The summed E-state index contributed by atoms with van der Waals surface area (Å²) in [5.74, 6) is 2.85. The van der Waals surface area contributed by atoms with Crippen LogP contribution in [0.3, 0.4) is 0 Å². The molecule has 0 amide bonds. The summed E-state index contributed by atoms with van der Waals surface area (Å²) in [6, 6.07) is 9.48. The number of unbranched alkanes of at least 4 members (excludes halogenated alkanes) is 1. The number of hydrogen-bond acceptors (Lipinski definition) is 5. The van der Waals surface area contributed by atoms with E-state index in [0.29, 0.717) is 18.0 Å². The molecule has 7 nitrogen and oxygen atoms in total. The fourth-order valence-electron chi connectivity index (χ4n) is 3.34. The third-order valence-electron chi connectivity index (χ3n) is 5.07. The van der Waals surface area contributed by atoms with Crippen molar-refractivity contribution in [2.45, 2.75) is 59.4 Å². The Morgan fingerprint density at radius 1 is 1.16 bits per heavy atom. The summed E-state index contributed by atoms with van der Waals surface area (Å²) in [4.78, 5) is 19.8. The molecule has 3 rings (SSSR count). The van der Waals surface area contributed by atoms with Gasteiger partial charge in [-0.3, -0.25) is 4.98 Å². The SMILES string of the molecule is CCCCc1nc(CCC(C)C)nn1Cc1ccc(-c2cnccc2OC(=O)O)cc1. The molecule has 0 radical (unpaired) electrons. The molecular formula is C24H30N4O3. The van der Waals surface area contributed by atoms with Crippen molar-refractivity contribution in [3.05, 3.63) is 59.9 Å². The van der Waals surface area contributed by atoms with Crippen LogP contribution in [-0.2, 0) is 19.4 Å². The average Bonchev–Trinajstić information content (AvgIpc) is 3.13. The maximum atomic E-state index is 10.9. The monoisotopic (exact) mass is 422 g/mol. The van der Waals surface area contributed by atoms with Gasteiger partial charge in [-0.25, -0.2) is 14.5 Å². The molecule has 2 heterocycles. The van der Waals surface area contributed by atoms with Gasteiger partial charge in [0.05, 0.1) is 6.54 Å². The van der Waals surface area contributed by atoms with E-state index in [2.05, 4.69) is 25.8 Å². The summed E-state index contributed by atoms with van der Waals surface area (Å²) in [5.41, 5.74) is 2.58. The molecule has 0 spiro atoms. The fourth-order valence-corrected chi connectivity index (χ4v) is 3.34. The van der Waals surface area contributed by atoms with Gasteiger partial charge in [0.15, 0.2) is 5.82 Å². The fraction of sp³-hybridized carbons (Fsp3) is 0.417. The van der Waals surface area contributed by atoms with E-state index in [4.69, 9.17) is 19.9 Å². The summed E-state index contributed by atoms with van der Waals surface area (Å²) < 4.78 is 6.89. The van der Waals surface area contributed by atoms with E-state index in [1.165, 1.54) is 6.20 Å². The number of carboxylic acid groups (broad SMARTS) is 1. The van der Waals surface area contributed by atoms with Gasteiger partial charge < -0.3 is 9.84 Å². The van der Waals surface area contributed by atoms with Crippen LogP contribution in [0.1, 0.15) is 57.2 Å². The van der Waals surface area contributed by atoms with Gasteiger partial charge in [0.2, 0.25) is 0 Å². The Balaban J connectivity index is 1.78. The minimum Gasteiger partial charge on any atom is -0.449 e. The number of aryl methyl sites for hydroxylation is 2. The van der Waals surface area contributed by atoms with Crippen LogP contribution in [0.25, 0.3) is 11.1 Å². The van der Waals surface area contributed by atoms with E-state index in [1.54, 1.807) is 12.3 Å². The predicted molar refractivity (Wildman–Crippen MR) is 119 cm³/mol. The van der Waals surface area contributed by atoms with E-state index >= 15 is 0 Å². The van der Waals surface area contributed by atoms with Gasteiger partial charge in [0.1, 0.15) is 11.6 Å². The second kappa shape index (κ2) is 10.7. The highest BCUT2D eigenvalue weighted by Gasteiger charge is 2.13. The summed E-state index contributed by atoms with van der Waals surface area (Å²) in [5, 5.41) is 13.7. The Bertz CT molecular complexity index is 996. The first-order chi connectivity index (χ1) is 15.0. The highest BCUT2D eigenvalue weighted by atomic mass is 16.7. The molecule has 0 atom stereocenters. The van der Waals surface area contributed by atoms with Crippen molar-refractivity contribution in [1.82, 2.24) is 19.7 Å². The first-order valence-corrected chi connectivity index (χ1v) is 10.8. The molecule has 164 valence electrons. The molecule has 0 saturated heterocycles. The topological polar surface area (TPSA) is 90.1 Å². The van der Waals surface area contributed by atoms with Crippen molar-refractivity contribution in [2.24, 2.45) is 5.92 Å². The van der Waals surface area contributed by atoms with Crippen LogP contribution in [0, 0.1) is 5.92 Å². The number of benzene rings is 1. The van der Waals surface area contributed by atoms with Gasteiger partial charge in [-0.05, 0) is 29.9 Å². The number of ether oxygens (including phenoxy) is 1. The first kappa shape index (κ1) is 22.5. The van der Waals surface area contributed by atoms with Gasteiger partial charge in [0.25, 0.3) is 0 Å². The maximum absolute atomic E-state index is 10.9. The van der Waals surface area contributed by atoms with Crippen LogP contribution >= 0.6 is 0 Å². The largest absolute Gasteiger partial charge is 0.511 e. The lowest BCUT2D eigenvalue weighted by atomic mass is 10.0. The van der Waals surface area contributed by atoms with E-state index in [-0.39, 0.29) is 5.75 Å². The molecular weight excluding hydrogens is 392 g/mol. The van der Waals surface area contributed by atoms with Crippen LogP contribution in [0.2, 0.25) is 0 Å². The van der Waals surface area contributed by atoms with Crippen molar-refractivity contribution in [3.63, 3.8) is 0 Å². The molecule has 0 aliphatic rings. The molecule has 2 aromatic heterocycles. The number of pyridine rings is 1. The molecule has 0 bridgehead atoms. The van der Waals surface area contributed by atoms with Gasteiger partial charge in [-0.15, -0.1) is 0 Å². The molecule has 0 aliphatic heterocycles. The molecule has 1 N–H and O–H groups in total. The number of hydrogen-bond donors (Lipinski definition) is 1. The highest BCUT2D eigenvalue weighted by molar-refractivity contribution is 5.73. The normalized spacial score (nSPS) is 11.1. The van der Waals surface area contributed by atoms with Crippen LogP contribution in [0.5, 0.6) is 5.75 Å². The zero-order chi connectivity index (χ0) is 22.2. The van der Waals surface area contributed by atoms with Crippen molar-refractivity contribution < 1.29 is 14.6 Å². The lowest BCUT2D eigenvalue weighted by molar-refractivity contribution is 0.144. The van der Waals surface area contributed by atoms with Gasteiger partial charge in [0, 0.05) is 36.9 Å². The summed E-state index contributed by atoms with van der Waals surface area (Å²) in [6.07, 6.45) is 6.89. The molecule has 0 aliphatic carbocycles. The van der Waals surface area contributed by atoms with E-state index in [0.717, 1.165) is 54.9 Å². The third kappa shape index (κ3) is 6.38. The summed E-state index contributed by atoms with van der Waals surface area (Å²) in [6.45, 7) is 7.26. The number of aromatic nitrogens is 4. The Morgan fingerprint density at radius 2 is 1.94 bits per heavy atom. The molecule has 0 saturated carbocycles. The molecule has 1 aromatic carbocycles. The highest BCUT2D eigenvalue weighted by Crippen LogP contribution is 2.29. The van der Waals surface area contributed by atoms with Crippen LogP contribution in [0.4, 0.5) is 4.79 Å². The Morgan fingerprint density at radius 3 is 2.61 bits per heavy atom. The van der Waals surface area contributed by atoms with Crippen LogP contribution < -0.4 is 4.74 Å². The third-order valence-corrected chi connectivity index (χ3v) is 5.07. The van der Waals surface area contributed by atoms with Crippen molar-refractivity contribution in [1.29, 1.82) is 0 Å². The standard InChI is InChI=1S/C24H30N4O3/c1-4-5-6-23-26-22(12-7-17(2)3)27-28(23)16-18-8-10-19(11-9-18)20-15-25-14-13-21(20)31-24(29)30/h8-11,13-15,17H,4-7,12,16H2,1-3H3,(H,29,30). The number of carbonyl (C=O) groups is 1. The molecule has 7 heteroatoms. The molecule has 0 fully saturated rings. The Labute approximate surface area is 183 Å². The van der Waals surface area contributed by atoms with Gasteiger partial charge in [-0.1, -0.05) is 51.5 Å². The van der Waals surface area contributed by atoms with Crippen LogP contribution in [0.15, 0.2) is 42.7 Å². The van der Waals surface area contributed by atoms with Crippen LogP contribution in [-0.4, -0.2) is 31.0 Å². The minimum absolute atomic E-state index is 0.267. The minimum atomic E-state index is -1.34. The molecule has 3 aromatic rings. The van der Waals surface area contributed by atoms with E-state index < -0.39 is 6.16 Å². The Kier molecular flexibility index (Phi) is 7.76. The lowest BCUT2D eigenvalue weighted by Gasteiger charge is -2.09. The molecule has 31 heavy (non-hydrogen) atoms. The summed E-state index contributed by atoms with van der Waals surface area (Å²) in [7, 11) is 0. The quantitative estimate of drug-likeness (QED) is 0.441. The van der Waals surface area contributed by atoms with E-state index in [9.17, 15) is 4.79 Å². The number of rotatable bonds is 10. The Hall–Kier alpha value is -3.22. The first-order valence-electron chi connectivity index (χ1n) is 10.8. The van der Waals surface area contributed by atoms with Gasteiger partial charge >= 0.3 is 6.16 Å². The van der Waals surface area contributed by atoms with E-state index in [1.807, 2.05) is 28.9 Å². The van der Waals surface area contributed by atoms with Crippen molar-refractivity contribution in [3.8, 4) is 16.9 Å². The number of nitrogens with zero attached hydrogens (tertiary/aromatic N) is 4. The maximum Gasteiger partial charge on any atom is 0.511 e. The second-order valence-corrected chi connectivity index (χ2v) is 8.07. The zero-order valence-electron chi connectivity index (χ0n) is 18.4. The lowest BCUT2D eigenvalue weighted by Crippen LogP contribution is -2.07. The van der Waals surface area contributed by atoms with Gasteiger partial charge in [-0.2, -0.15) is 5.10 Å².